The van der Waals surface area contributed by atoms with Crippen molar-refractivity contribution in [2.75, 3.05) is 0 Å². The molecule has 1 aromatic rings. The Labute approximate surface area is 83.7 Å². The van der Waals surface area contributed by atoms with Crippen molar-refractivity contribution >= 4 is 0 Å². The van der Waals surface area contributed by atoms with Crippen LogP contribution in [0.2, 0.25) is 0 Å². The Hall–Kier alpha value is -0.900. The van der Waals surface area contributed by atoms with E-state index >= 15 is 0 Å². The molecule has 1 unspecified atom stereocenters. The van der Waals surface area contributed by atoms with Crippen molar-refractivity contribution in [3.05, 3.63) is 12.2 Å². The highest BCUT2D eigenvalue weighted by Crippen LogP contribution is 2.21. The molecule has 1 aliphatic heterocycles. The lowest BCUT2D eigenvalue weighted by molar-refractivity contribution is 0.267. The number of fused-ring (bicyclic) bond motifs is 1. The maximum Gasteiger partial charge on any atom is 0.132 e. The first-order valence-corrected chi connectivity index (χ1v) is 5.54. The lowest BCUT2D eigenvalue weighted by Crippen LogP contribution is -2.46. The Morgan fingerprint density at radius 3 is 3.00 bits per heavy atom. The number of hydrogen-bond donors (Lipinski definition) is 1. The number of nitrogens with one attached hydrogen (secondary N) is 1. The molecule has 2 aliphatic rings. The van der Waals surface area contributed by atoms with Crippen LogP contribution in [0, 0.1) is 0 Å². The molecule has 3 rings (SSSR count). The van der Waals surface area contributed by atoms with E-state index in [9.17, 15) is 0 Å². The molecule has 0 radical (unpaired) electrons. The van der Waals surface area contributed by atoms with Gasteiger partial charge in [-0.25, -0.2) is 0 Å². The van der Waals surface area contributed by atoms with Gasteiger partial charge >= 0.3 is 0 Å². The maximum atomic E-state index is 4.09. The predicted molar refractivity (Wildman–Crippen MR) is 52.9 cm³/mol. The van der Waals surface area contributed by atoms with Crippen LogP contribution in [0.3, 0.4) is 0 Å². The normalized spacial score (nSPS) is 27.0. The number of aryl methyl sites for hydroxylation is 1. The highest BCUT2D eigenvalue weighted by Gasteiger charge is 2.24. The van der Waals surface area contributed by atoms with E-state index in [2.05, 4.69) is 20.1 Å². The zero-order valence-corrected chi connectivity index (χ0v) is 8.32. The van der Waals surface area contributed by atoms with Crippen LogP contribution in [0.1, 0.15) is 31.5 Å². The lowest BCUT2D eigenvalue weighted by atomic mass is 9.91. The van der Waals surface area contributed by atoms with E-state index in [1.165, 1.54) is 25.7 Å². The van der Waals surface area contributed by atoms with Crippen LogP contribution in [0.4, 0.5) is 0 Å². The first kappa shape index (κ1) is 8.41. The third-order valence-corrected chi connectivity index (χ3v) is 3.41. The van der Waals surface area contributed by atoms with Gasteiger partial charge in [-0.05, 0) is 19.3 Å². The van der Waals surface area contributed by atoms with Crippen molar-refractivity contribution in [2.45, 2.75) is 50.7 Å². The second kappa shape index (κ2) is 3.35. The van der Waals surface area contributed by atoms with Crippen molar-refractivity contribution in [2.24, 2.45) is 0 Å². The largest absolute Gasteiger partial charge is 0.316 e. The van der Waals surface area contributed by atoms with Crippen LogP contribution in [0.15, 0.2) is 6.33 Å². The quantitative estimate of drug-likeness (QED) is 0.751. The van der Waals surface area contributed by atoms with Crippen LogP contribution in [-0.4, -0.2) is 26.8 Å². The van der Waals surface area contributed by atoms with Crippen LogP contribution in [0.25, 0.3) is 0 Å². The average molecular weight is 192 g/mol. The predicted octanol–water partition coefficient (Wildman–Crippen LogP) is 0.735. The van der Waals surface area contributed by atoms with E-state index in [0.717, 1.165) is 24.8 Å². The number of hydrogen-bond acceptors (Lipinski definition) is 3. The third kappa shape index (κ3) is 1.43. The van der Waals surface area contributed by atoms with E-state index < -0.39 is 0 Å². The van der Waals surface area contributed by atoms with Gasteiger partial charge in [-0.3, -0.25) is 0 Å². The van der Waals surface area contributed by atoms with Crippen molar-refractivity contribution in [3.63, 3.8) is 0 Å². The van der Waals surface area contributed by atoms with E-state index in [1.807, 2.05) is 6.33 Å². The van der Waals surface area contributed by atoms with Crippen molar-refractivity contribution in [1.82, 2.24) is 20.1 Å². The summed E-state index contributed by atoms with van der Waals surface area (Å²) in [6.07, 6.45) is 8.28. The number of nitrogens with zero attached hydrogens (tertiary/aromatic N) is 3. The Morgan fingerprint density at radius 2 is 2.21 bits per heavy atom. The molecule has 1 saturated carbocycles. The molecule has 0 amide bonds. The van der Waals surface area contributed by atoms with Crippen LogP contribution in [0.5, 0.6) is 0 Å². The highest BCUT2D eigenvalue weighted by atomic mass is 15.3. The molecule has 0 spiro atoms. The molecule has 1 aliphatic carbocycles. The molecule has 1 N–H and O–H groups in total. The minimum atomic E-state index is 0.642. The zero-order valence-electron chi connectivity index (χ0n) is 8.32. The van der Waals surface area contributed by atoms with Gasteiger partial charge in [-0.15, -0.1) is 10.2 Å². The summed E-state index contributed by atoms with van der Waals surface area (Å²) in [5.41, 5.74) is 0. The van der Waals surface area contributed by atoms with Crippen molar-refractivity contribution in [1.29, 1.82) is 0 Å². The monoisotopic (exact) mass is 192 g/mol. The molecule has 1 atom stereocenters. The second-order valence-electron chi connectivity index (χ2n) is 4.43. The van der Waals surface area contributed by atoms with E-state index in [0.29, 0.717) is 6.04 Å². The summed E-state index contributed by atoms with van der Waals surface area (Å²) in [5, 5.41) is 11.7. The molecule has 0 aromatic carbocycles. The SMILES string of the molecule is c1nnc2n1CC(NC1CCC1)CC2. The van der Waals surface area contributed by atoms with Gasteiger partial charge in [0.25, 0.3) is 0 Å². The van der Waals surface area contributed by atoms with Gasteiger partial charge in [0.2, 0.25) is 0 Å². The third-order valence-electron chi connectivity index (χ3n) is 3.41. The van der Waals surface area contributed by atoms with E-state index in [-0.39, 0.29) is 0 Å². The Balaban J connectivity index is 1.63. The molecule has 0 bridgehead atoms. The van der Waals surface area contributed by atoms with Gasteiger partial charge in [0.1, 0.15) is 12.2 Å². The maximum absolute atomic E-state index is 4.09. The molecule has 14 heavy (non-hydrogen) atoms. The Kier molecular flexibility index (Phi) is 2.01. The van der Waals surface area contributed by atoms with Crippen molar-refractivity contribution < 1.29 is 0 Å². The van der Waals surface area contributed by atoms with Gasteiger partial charge in [0, 0.05) is 25.0 Å². The second-order valence-corrected chi connectivity index (χ2v) is 4.43. The minimum Gasteiger partial charge on any atom is -0.316 e. The van der Waals surface area contributed by atoms with E-state index in [4.69, 9.17) is 0 Å². The number of rotatable bonds is 2. The topological polar surface area (TPSA) is 42.7 Å². The molecule has 2 heterocycles. The van der Waals surface area contributed by atoms with Crippen LogP contribution >= 0.6 is 0 Å². The summed E-state index contributed by atoms with van der Waals surface area (Å²) in [5.74, 6) is 1.15. The molecule has 4 heteroatoms. The summed E-state index contributed by atoms with van der Waals surface area (Å²) in [6.45, 7) is 1.05. The van der Waals surface area contributed by atoms with Gasteiger partial charge in [0.15, 0.2) is 0 Å². The molecule has 0 saturated heterocycles. The summed E-state index contributed by atoms with van der Waals surface area (Å²) < 4.78 is 2.18. The van der Waals surface area contributed by atoms with Gasteiger partial charge in [0.05, 0.1) is 0 Å². The minimum absolute atomic E-state index is 0.642. The first-order chi connectivity index (χ1) is 6.92. The average Bonchev–Trinajstić information content (AvgIpc) is 2.58. The Bertz CT molecular complexity index is 316. The van der Waals surface area contributed by atoms with Crippen molar-refractivity contribution in [3.8, 4) is 0 Å². The number of aromatic nitrogens is 3. The molecule has 76 valence electrons. The fourth-order valence-electron chi connectivity index (χ4n) is 2.30. The van der Waals surface area contributed by atoms with E-state index in [1.54, 1.807) is 0 Å². The summed E-state index contributed by atoms with van der Waals surface area (Å²) in [4.78, 5) is 0. The summed E-state index contributed by atoms with van der Waals surface area (Å²) >= 11 is 0. The van der Waals surface area contributed by atoms with Gasteiger partial charge in [-0.2, -0.15) is 0 Å². The molecule has 4 nitrogen and oxygen atoms in total. The van der Waals surface area contributed by atoms with Gasteiger partial charge < -0.3 is 9.88 Å². The fourth-order valence-corrected chi connectivity index (χ4v) is 2.30. The molecular formula is C10H16N4. The summed E-state index contributed by atoms with van der Waals surface area (Å²) in [7, 11) is 0. The first-order valence-electron chi connectivity index (χ1n) is 5.54. The molecule has 1 fully saturated rings. The van der Waals surface area contributed by atoms with Crippen LogP contribution < -0.4 is 5.32 Å². The highest BCUT2D eigenvalue weighted by molar-refractivity contribution is 4.94. The zero-order chi connectivity index (χ0) is 9.38. The van der Waals surface area contributed by atoms with Crippen LogP contribution in [-0.2, 0) is 13.0 Å². The molecule has 1 aromatic heterocycles. The Morgan fingerprint density at radius 1 is 1.29 bits per heavy atom. The summed E-state index contributed by atoms with van der Waals surface area (Å²) in [6, 6.07) is 1.43. The lowest BCUT2D eigenvalue weighted by Gasteiger charge is -2.33. The van der Waals surface area contributed by atoms with Gasteiger partial charge in [-0.1, -0.05) is 6.42 Å². The standard InChI is InChI=1S/C10H16N4/c1-2-8(3-1)12-9-4-5-10-13-11-7-14(10)6-9/h7-9,12H,1-6H2. The molecular weight excluding hydrogens is 176 g/mol. The fraction of sp³-hybridized carbons (Fsp3) is 0.800. The smallest absolute Gasteiger partial charge is 0.132 e.